The molecule has 0 unspecified atom stereocenters. The van der Waals surface area contributed by atoms with Crippen LogP contribution < -0.4 is 10.8 Å². The van der Waals surface area contributed by atoms with Crippen LogP contribution in [0.4, 0.5) is 5.82 Å². The quantitative estimate of drug-likeness (QED) is 0.710. The van der Waals surface area contributed by atoms with Crippen LogP contribution in [0.15, 0.2) is 24.4 Å². The molecule has 2 rings (SSSR count). The Balaban J connectivity index is 1.96. The van der Waals surface area contributed by atoms with Gasteiger partial charge in [-0.2, -0.15) is 0 Å². The van der Waals surface area contributed by atoms with E-state index in [2.05, 4.69) is 9.88 Å². The predicted octanol–water partition coefficient (Wildman–Crippen LogP) is 0.941. The molecule has 0 radical (unpaired) electrons. The first-order valence-corrected chi connectivity index (χ1v) is 4.91. The number of piperidine rings is 1. The van der Waals surface area contributed by atoms with E-state index in [1.807, 2.05) is 24.4 Å². The molecule has 1 fully saturated rings. The number of nitrogens with two attached hydrogens (primary N) is 1. The number of nitrogens with zero attached hydrogens (tertiary/aromatic N) is 2. The molecule has 1 aliphatic heterocycles. The lowest BCUT2D eigenvalue weighted by atomic mass is 10.1. The van der Waals surface area contributed by atoms with Gasteiger partial charge in [0.25, 0.3) is 0 Å². The molecule has 0 atom stereocenters. The van der Waals surface area contributed by atoms with Gasteiger partial charge in [0.15, 0.2) is 0 Å². The Morgan fingerprint density at radius 2 is 2.14 bits per heavy atom. The number of hydrogen-bond acceptors (Lipinski definition) is 4. The Labute approximate surface area is 83.6 Å². The van der Waals surface area contributed by atoms with Crippen molar-refractivity contribution in [3.8, 4) is 0 Å². The molecule has 2 N–H and O–H groups in total. The highest BCUT2D eigenvalue weighted by molar-refractivity contribution is 5.37. The van der Waals surface area contributed by atoms with E-state index in [0.717, 1.165) is 31.7 Å². The highest BCUT2D eigenvalue weighted by Gasteiger charge is 2.19. The average Bonchev–Trinajstić information content (AvgIpc) is 2.30. The van der Waals surface area contributed by atoms with E-state index < -0.39 is 0 Å². The van der Waals surface area contributed by atoms with E-state index in [9.17, 15) is 0 Å². The Hall–Kier alpha value is -1.13. The maximum Gasteiger partial charge on any atom is 0.128 e. The molecule has 4 nitrogen and oxygen atoms in total. The van der Waals surface area contributed by atoms with Crippen molar-refractivity contribution < 1.29 is 4.84 Å². The molecule has 1 saturated heterocycles. The van der Waals surface area contributed by atoms with Gasteiger partial charge in [0.2, 0.25) is 0 Å². The minimum Gasteiger partial charge on any atom is -0.356 e. The first-order chi connectivity index (χ1) is 6.90. The summed E-state index contributed by atoms with van der Waals surface area (Å²) in [6.45, 7) is 1.94. The minimum absolute atomic E-state index is 0.218. The fourth-order valence-corrected chi connectivity index (χ4v) is 1.76. The topological polar surface area (TPSA) is 51.4 Å². The third-order valence-corrected chi connectivity index (χ3v) is 2.61. The van der Waals surface area contributed by atoms with Gasteiger partial charge in [-0.25, -0.2) is 10.9 Å². The van der Waals surface area contributed by atoms with Gasteiger partial charge in [0.05, 0.1) is 6.10 Å². The van der Waals surface area contributed by atoms with Crippen molar-refractivity contribution in [2.75, 3.05) is 18.0 Å². The lowest BCUT2D eigenvalue weighted by Gasteiger charge is -2.31. The fourth-order valence-electron chi connectivity index (χ4n) is 1.76. The second kappa shape index (κ2) is 4.39. The lowest BCUT2D eigenvalue weighted by molar-refractivity contribution is 0.0367. The standard InChI is InChI=1S/C10H15N3O/c11-14-9-4-7-13(8-5-9)10-3-1-2-6-12-10/h1-3,6,9H,4-5,7-8,11H2. The first-order valence-electron chi connectivity index (χ1n) is 4.91. The summed E-state index contributed by atoms with van der Waals surface area (Å²) in [6.07, 6.45) is 4.00. The summed E-state index contributed by atoms with van der Waals surface area (Å²) in [4.78, 5) is 11.4. The van der Waals surface area contributed by atoms with E-state index in [0.29, 0.717) is 0 Å². The summed E-state index contributed by atoms with van der Waals surface area (Å²) < 4.78 is 0. The number of aromatic nitrogens is 1. The molecular formula is C10H15N3O. The zero-order chi connectivity index (χ0) is 9.80. The van der Waals surface area contributed by atoms with Crippen LogP contribution in [0.5, 0.6) is 0 Å². The molecule has 1 aliphatic rings. The summed E-state index contributed by atoms with van der Waals surface area (Å²) in [5.74, 6) is 6.20. The smallest absolute Gasteiger partial charge is 0.128 e. The lowest BCUT2D eigenvalue weighted by Crippen LogP contribution is -2.38. The predicted molar refractivity (Wildman–Crippen MR) is 54.7 cm³/mol. The van der Waals surface area contributed by atoms with Gasteiger partial charge in [-0.1, -0.05) is 6.07 Å². The third kappa shape index (κ3) is 2.02. The van der Waals surface area contributed by atoms with Gasteiger partial charge in [-0.15, -0.1) is 0 Å². The number of hydrogen-bond donors (Lipinski definition) is 1. The molecule has 1 aromatic rings. The molecule has 14 heavy (non-hydrogen) atoms. The van der Waals surface area contributed by atoms with Crippen LogP contribution >= 0.6 is 0 Å². The maximum atomic E-state index is 5.15. The van der Waals surface area contributed by atoms with Crippen molar-refractivity contribution in [1.82, 2.24) is 4.98 Å². The minimum atomic E-state index is 0.218. The molecule has 0 aromatic carbocycles. The number of pyridine rings is 1. The summed E-state index contributed by atoms with van der Waals surface area (Å²) in [5.41, 5.74) is 0. The number of anilines is 1. The van der Waals surface area contributed by atoms with E-state index in [-0.39, 0.29) is 6.10 Å². The van der Waals surface area contributed by atoms with E-state index >= 15 is 0 Å². The van der Waals surface area contributed by atoms with Crippen molar-refractivity contribution in [1.29, 1.82) is 0 Å². The van der Waals surface area contributed by atoms with Gasteiger partial charge in [-0.3, -0.25) is 0 Å². The Bertz CT molecular complexity index is 270. The van der Waals surface area contributed by atoms with Gasteiger partial charge < -0.3 is 9.74 Å². The monoisotopic (exact) mass is 193 g/mol. The largest absolute Gasteiger partial charge is 0.356 e. The van der Waals surface area contributed by atoms with E-state index in [1.54, 1.807) is 0 Å². The van der Waals surface area contributed by atoms with Gasteiger partial charge in [0.1, 0.15) is 5.82 Å². The van der Waals surface area contributed by atoms with E-state index in [4.69, 9.17) is 10.7 Å². The molecule has 0 amide bonds. The molecule has 0 saturated carbocycles. The second-order valence-electron chi connectivity index (χ2n) is 3.51. The SMILES string of the molecule is NOC1CCN(c2ccccn2)CC1. The summed E-state index contributed by atoms with van der Waals surface area (Å²) in [7, 11) is 0. The molecule has 76 valence electrons. The van der Waals surface area contributed by atoms with Crippen LogP contribution in [0.2, 0.25) is 0 Å². The van der Waals surface area contributed by atoms with Crippen LogP contribution in [0, 0.1) is 0 Å². The third-order valence-electron chi connectivity index (χ3n) is 2.61. The molecule has 0 bridgehead atoms. The molecule has 0 spiro atoms. The number of rotatable bonds is 2. The zero-order valence-electron chi connectivity index (χ0n) is 8.10. The normalized spacial score (nSPS) is 18.5. The first kappa shape index (κ1) is 9.43. The highest BCUT2D eigenvalue weighted by Crippen LogP contribution is 2.17. The zero-order valence-corrected chi connectivity index (χ0v) is 8.10. The summed E-state index contributed by atoms with van der Waals surface area (Å²) >= 11 is 0. The summed E-state index contributed by atoms with van der Waals surface area (Å²) in [5, 5.41) is 0. The fraction of sp³-hybridized carbons (Fsp3) is 0.500. The highest BCUT2D eigenvalue weighted by atomic mass is 16.6. The van der Waals surface area contributed by atoms with Crippen LogP contribution in [-0.2, 0) is 4.84 Å². The van der Waals surface area contributed by atoms with E-state index in [1.165, 1.54) is 0 Å². The molecule has 4 heteroatoms. The van der Waals surface area contributed by atoms with Gasteiger partial charge >= 0.3 is 0 Å². The molecular weight excluding hydrogens is 178 g/mol. The van der Waals surface area contributed by atoms with Crippen LogP contribution in [0.1, 0.15) is 12.8 Å². The molecule has 0 aliphatic carbocycles. The van der Waals surface area contributed by atoms with Gasteiger partial charge in [-0.05, 0) is 25.0 Å². The van der Waals surface area contributed by atoms with Crippen molar-refractivity contribution in [2.24, 2.45) is 5.90 Å². The van der Waals surface area contributed by atoms with Crippen molar-refractivity contribution in [3.63, 3.8) is 0 Å². The van der Waals surface area contributed by atoms with Crippen molar-refractivity contribution in [2.45, 2.75) is 18.9 Å². The Morgan fingerprint density at radius 3 is 2.71 bits per heavy atom. The Morgan fingerprint density at radius 1 is 1.36 bits per heavy atom. The Kier molecular flexibility index (Phi) is 2.96. The summed E-state index contributed by atoms with van der Waals surface area (Å²) in [6, 6.07) is 5.97. The van der Waals surface area contributed by atoms with Gasteiger partial charge in [0, 0.05) is 19.3 Å². The maximum absolute atomic E-state index is 5.15. The van der Waals surface area contributed by atoms with Crippen molar-refractivity contribution >= 4 is 5.82 Å². The van der Waals surface area contributed by atoms with Crippen LogP contribution in [0.25, 0.3) is 0 Å². The van der Waals surface area contributed by atoms with Crippen LogP contribution in [0.3, 0.4) is 0 Å². The molecule has 1 aromatic heterocycles. The second-order valence-corrected chi connectivity index (χ2v) is 3.51. The molecule has 2 heterocycles. The average molecular weight is 193 g/mol. The van der Waals surface area contributed by atoms with Crippen LogP contribution in [-0.4, -0.2) is 24.2 Å². The van der Waals surface area contributed by atoms with Crippen molar-refractivity contribution in [3.05, 3.63) is 24.4 Å².